The fourth-order valence-corrected chi connectivity index (χ4v) is 4.67. The van der Waals surface area contributed by atoms with Gasteiger partial charge >= 0.3 is 0 Å². The van der Waals surface area contributed by atoms with Crippen LogP contribution >= 0.6 is 0 Å². The topological polar surface area (TPSA) is 103 Å². The van der Waals surface area contributed by atoms with Crippen molar-refractivity contribution < 1.29 is 0 Å². The molecule has 0 amide bonds. The van der Waals surface area contributed by atoms with Crippen molar-refractivity contribution in [1.82, 2.24) is 39.9 Å². The fraction of sp³-hybridized carbons (Fsp3) is 0. The van der Waals surface area contributed by atoms with Gasteiger partial charge in [-0.15, -0.1) is 0 Å². The molecule has 0 saturated carbocycles. The van der Waals surface area contributed by atoms with Gasteiger partial charge in [0, 0.05) is 37.2 Å². The highest BCUT2D eigenvalue weighted by Gasteiger charge is 2.14. The first-order chi connectivity index (χ1) is 20.8. The highest BCUT2D eigenvalue weighted by atomic mass is 14.9. The smallest absolute Gasteiger partial charge is 0.116 e. The van der Waals surface area contributed by atoms with Crippen LogP contribution in [-0.4, -0.2) is 39.9 Å². The van der Waals surface area contributed by atoms with Crippen molar-refractivity contribution in [2.75, 3.05) is 0 Å². The van der Waals surface area contributed by atoms with Gasteiger partial charge in [-0.1, -0.05) is 12.1 Å². The van der Waals surface area contributed by atoms with Crippen molar-refractivity contribution >= 4 is 0 Å². The lowest BCUT2D eigenvalue weighted by atomic mass is 10.0. The molecule has 8 nitrogen and oxygen atoms in total. The Bertz CT molecular complexity index is 1710. The van der Waals surface area contributed by atoms with Gasteiger partial charge in [0.2, 0.25) is 0 Å². The minimum absolute atomic E-state index is 0.670. The van der Waals surface area contributed by atoms with Crippen molar-refractivity contribution in [3.63, 3.8) is 0 Å². The largest absolute Gasteiger partial charge is 0.265 e. The first-order valence-electron chi connectivity index (χ1n) is 13.3. The maximum absolute atomic E-state index is 4.96. The van der Waals surface area contributed by atoms with Crippen molar-refractivity contribution in [2.45, 2.75) is 0 Å². The van der Waals surface area contributed by atoms with Gasteiger partial charge in [-0.05, 0) is 101 Å². The first kappa shape index (κ1) is 25.0. The summed E-state index contributed by atoms with van der Waals surface area (Å²) in [5.74, 6) is 0. The van der Waals surface area contributed by atoms with E-state index in [4.69, 9.17) is 9.97 Å². The molecule has 0 atom stereocenters. The van der Waals surface area contributed by atoms with Crippen LogP contribution in [0.4, 0.5) is 0 Å². The van der Waals surface area contributed by atoms with Gasteiger partial charge < -0.3 is 0 Å². The van der Waals surface area contributed by atoms with Gasteiger partial charge in [0.15, 0.2) is 0 Å². The number of hydrogen-bond donors (Lipinski definition) is 0. The molecule has 0 saturated heterocycles. The zero-order valence-corrected chi connectivity index (χ0v) is 22.3. The normalized spacial score (nSPS) is 10.9. The fourth-order valence-electron chi connectivity index (χ4n) is 4.67. The molecule has 42 heavy (non-hydrogen) atoms. The van der Waals surface area contributed by atoms with Crippen molar-refractivity contribution in [2.24, 2.45) is 0 Å². The molecule has 8 heteroatoms. The van der Waals surface area contributed by atoms with E-state index in [0.29, 0.717) is 22.8 Å². The van der Waals surface area contributed by atoms with Crippen LogP contribution in [0.1, 0.15) is 0 Å². The maximum atomic E-state index is 4.96. The van der Waals surface area contributed by atoms with Gasteiger partial charge in [-0.25, -0.2) is 19.9 Å². The van der Waals surface area contributed by atoms with Crippen molar-refractivity contribution in [3.8, 4) is 67.8 Å². The number of pyridine rings is 6. The van der Waals surface area contributed by atoms with E-state index >= 15 is 0 Å². The van der Waals surface area contributed by atoms with Gasteiger partial charge in [-0.2, -0.15) is 0 Å². The van der Waals surface area contributed by atoms with Gasteiger partial charge in [0.05, 0.1) is 45.6 Å². The summed E-state index contributed by atoms with van der Waals surface area (Å²) in [7, 11) is 0. The molecule has 0 fully saturated rings. The van der Waals surface area contributed by atoms with Crippen LogP contribution in [0, 0.1) is 0 Å². The third-order valence-corrected chi connectivity index (χ3v) is 6.72. The van der Waals surface area contributed by atoms with E-state index in [-0.39, 0.29) is 0 Å². The highest BCUT2D eigenvalue weighted by Crippen LogP contribution is 2.32. The second-order valence-corrected chi connectivity index (χ2v) is 9.44. The maximum Gasteiger partial charge on any atom is 0.116 e. The Kier molecular flexibility index (Phi) is 6.68. The molecule has 7 aromatic heterocycles. The molecule has 0 aliphatic carbocycles. The Morgan fingerprint density at radius 3 is 1.14 bits per heavy atom. The molecule has 7 heterocycles. The van der Waals surface area contributed by atoms with Crippen LogP contribution in [0.25, 0.3) is 67.8 Å². The van der Waals surface area contributed by atoms with Crippen LogP contribution in [0.2, 0.25) is 0 Å². The Labute approximate surface area is 242 Å². The average Bonchev–Trinajstić information content (AvgIpc) is 3.09. The zero-order valence-electron chi connectivity index (χ0n) is 22.3. The van der Waals surface area contributed by atoms with E-state index in [1.54, 1.807) is 43.5 Å². The van der Waals surface area contributed by atoms with Gasteiger partial charge in [-0.3, -0.25) is 19.9 Å². The molecular weight excluding hydrogens is 520 g/mol. The van der Waals surface area contributed by atoms with Gasteiger partial charge in [0.25, 0.3) is 0 Å². The Hall–Kier alpha value is -6.02. The monoisotopic (exact) mass is 542 g/mol. The third-order valence-electron chi connectivity index (χ3n) is 6.72. The van der Waals surface area contributed by atoms with E-state index < -0.39 is 0 Å². The summed E-state index contributed by atoms with van der Waals surface area (Å²) in [4.78, 5) is 36.5. The van der Waals surface area contributed by atoms with Crippen LogP contribution in [-0.2, 0) is 0 Å². The Morgan fingerprint density at radius 1 is 0.310 bits per heavy atom. The third kappa shape index (κ3) is 5.24. The number of aromatic nitrogens is 8. The summed E-state index contributed by atoms with van der Waals surface area (Å²) in [6.07, 6.45) is 12.2. The minimum atomic E-state index is 0.670. The second kappa shape index (κ2) is 11.2. The first-order valence-corrected chi connectivity index (χ1v) is 13.3. The zero-order chi connectivity index (χ0) is 28.1. The van der Waals surface area contributed by atoms with Crippen molar-refractivity contribution in [1.29, 1.82) is 0 Å². The summed E-state index contributed by atoms with van der Waals surface area (Å²) in [6.45, 7) is 0. The van der Waals surface area contributed by atoms with Crippen LogP contribution < -0.4 is 0 Å². The molecule has 0 aromatic carbocycles. The Balaban J connectivity index is 1.37. The SMILES string of the molecule is c1ccc(-c2cc(-c3ccncc3)cc(-c3cc(-c4cc(-c5ccncc5)cc(-c5ccccn5)n4)ncn3)n2)nc1. The molecule has 0 aliphatic heterocycles. The summed E-state index contributed by atoms with van der Waals surface area (Å²) in [6, 6.07) is 29.5. The molecule has 198 valence electrons. The molecule has 0 N–H and O–H groups in total. The molecule has 7 aromatic rings. The van der Waals surface area contributed by atoms with E-state index in [0.717, 1.165) is 45.0 Å². The molecular formula is C34H22N8. The summed E-state index contributed by atoms with van der Waals surface area (Å²) in [5, 5.41) is 0. The van der Waals surface area contributed by atoms with Crippen LogP contribution in [0.5, 0.6) is 0 Å². The molecule has 0 spiro atoms. The van der Waals surface area contributed by atoms with Crippen molar-refractivity contribution in [3.05, 3.63) is 135 Å². The predicted molar refractivity (Wildman–Crippen MR) is 161 cm³/mol. The highest BCUT2D eigenvalue weighted by molar-refractivity contribution is 5.77. The van der Waals surface area contributed by atoms with Gasteiger partial charge in [0.1, 0.15) is 6.33 Å². The summed E-state index contributed by atoms with van der Waals surface area (Å²) < 4.78 is 0. The molecule has 0 bridgehead atoms. The molecule has 0 unspecified atom stereocenters. The van der Waals surface area contributed by atoms with Crippen LogP contribution in [0.3, 0.4) is 0 Å². The number of hydrogen-bond acceptors (Lipinski definition) is 8. The van der Waals surface area contributed by atoms with E-state index in [9.17, 15) is 0 Å². The number of rotatable bonds is 6. The Morgan fingerprint density at radius 2 is 0.738 bits per heavy atom. The summed E-state index contributed by atoms with van der Waals surface area (Å²) in [5.41, 5.74) is 9.78. The quantitative estimate of drug-likeness (QED) is 0.225. The molecule has 0 aliphatic rings. The standard InChI is InChI=1S/C34H22N8/c1-3-11-37-27(5-1)31-17-25(23-7-13-35-14-8-23)19-33(41-31)29-21-30(40-22-39-29)34-20-26(24-9-15-36-16-10-24)18-32(42-34)28-6-2-4-12-38-28/h1-22H. The lowest BCUT2D eigenvalue weighted by Gasteiger charge is -2.11. The minimum Gasteiger partial charge on any atom is -0.265 e. The van der Waals surface area contributed by atoms with E-state index in [2.05, 4.69) is 29.9 Å². The number of nitrogens with zero attached hydrogens (tertiary/aromatic N) is 8. The van der Waals surface area contributed by atoms with E-state index in [1.165, 1.54) is 0 Å². The molecule has 7 rings (SSSR count). The lowest BCUT2D eigenvalue weighted by Crippen LogP contribution is -1.97. The average molecular weight is 543 g/mol. The molecule has 0 radical (unpaired) electrons. The second-order valence-electron chi connectivity index (χ2n) is 9.44. The predicted octanol–water partition coefficient (Wildman–Crippen LogP) is 6.85. The summed E-state index contributed by atoms with van der Waals surface area (Å²) >= 11 is 0. The van der Waals surface area contributed by atoms with E-state index in [1.807, 2.05) is 91.0 Å². The lowest BCUT2D eigenvalue weighted by molar-refractivity contribution is 1.14. The van der Waals surface area contributed by atoms with Crippen LogP contribution in [0.15, 0.2) is 135 Å².